The van der Waals surface area contributed by atoms with Crippen LogP contribution in [0.5, 0.6) is 5.75 Å². The first-order chi connectivity index (χ1) is 14.6. The van der Waals surface area contributed by atoms with Gasteiger partial charge in [-0.05, 0) is 37.9 Å². The largest absolute Gasteiger partial charge is 0.487 e. The summed E-state index contributed by atoms with van der Waals surface area (Å²) in [5.41, 5.74) is 6.88. The van der Waals surface area contributed by atoms with Gasteiger partial charge in [-0.25, -0.2) is 13.9 Å². The molecular weight excluding hydrogens is 389 g/mol. The van der Waals surface area contributed by atoms with E-state index in [1.165, 1.54) is 23.0 Å². The van der Waals surface area contributed by atoms with Crippen molar-refractivity contribution < 1.29 is 13.9 Å². The second-order valence-corrected chi connectivity index (χ2v) is 7.70. The number of ether oxygens (including phenoxy) is 1. The number of nitrogens with zero attached hydrogens (tertiary/aromatic N) is 5. The van der Waals surface area contributed by atoms with Crippen molar-refractivity contribution in [2.24, 2.45) is 5.92 Å². The molecule has 0 saturated carbocycles. The predicted molar refractivity (Wildman–Crippen MR) is 108 cm³/mol. The number of nitrogens with one attached hydrogen (secondary N) is 1. The fraction of sp³-hybridized carbons (Fsp3) is 0.400. The summed E-state index contributed by atoms with van der Waals surface area (Å²) in [6.07, 6.45) is 7.03. The van der Waals surface area contributed by atoms with E-state index in [1.807, 2.05) is 0 Å². The van der Waals surface area contributed by atoms with Gasteiger partial charge in [0, 0.05) is 25.0 Å². The molecule has 10 heteroatoms. The predicted octanol–water partition coefficient (Wildman–Crippen LogP) is 1.90. The van der Waals surface area contributed by atoms with Gasteiger partial charge in [0.05, 0.1) is 11.9 Å². The van der Waals surface area contributed by atoms with Crippen LogP contribution in [0.1, 0.15) is 28.9 Å². The Morgan fingerprint density at radius 1 is 1.33 bits per heavy atom. The molecule has 0 aromatic carbocycles. The van der Waals surface area contributed by atoms with Gasteiger partial charge in [-0.15, -0.1) is 5.10 Å². The average Bonchev–Trinajstić information content (AvgIpc) is 3.10. The van der Waals surface area contributed by atoms with Crippen LogP contribution in [0.15, 0.2) is 30.7 Å². The molecule has 3 aromatic rings. The standard InChI is InChI=1S/C20H22FN7O2/c21-9-13-4-8-28-19(24-13)17(18(22)26-28)20(29)25-14-10-23-5-1-15(14)30-16-11-27-6-2-12(16)3-7-27/h1,4-5,8,10,12,16H,2-3,6-7,9,11H2,(H2,22,26)(H,25,29). The summed E-state index contributed by atoms with van der Waals surface area (Å²) in [7, 11) is 0. The third kappa shape index (κ3) is 3.32. The molecule has 6 rings (SSSR count). The van der Waals surface area contributed by atoms with E-state index in [1.54, 1.807) is 12.3 Å². The number of carbonyl (C=O) groups excluding carboxylic acids is 1. The maximum atomic E-state index is 13.0. The van der Waals surface area contributed by atoms with E-state index in [-0.39, 0.29) is 28.8 Å². The number of pyridine rings is 1. The smallest absolute Gasteiger partial charge is 0.263 e. The molecule has 3 N–H and O–H groups in total. The van der Waals surface area contributed by atoms with Crippen molar-refractivity contribution in [3.05, 3.63) is 42.0 Å². The molecule has 1 atom stereocenters. The van der Waals surface area contributed by atoms with Crippen molar-refractivity contribution in [2.45, 2.75) is 25.6 Å². The molecule has 0 aliphatic carbocycles. The lowest BCUT2D eigenvalue weighted by molar-refractivity contribution is -0.00745. The third-order valence-electron chi connectivity index (χ3n) is 5.84. The molecule has 1 unspecified atom stereocenters. The summed E-state index contributed by atoms with van der Waals surface area (Å²) in [5, 5.41) is 6.90. The SMILES string of the molecule is Nc1nn2ccc(CF)nc2c1C(=O)Nc1cnccc1OC1CN2CCC1CC2. The number of alkyl halides is 1. The van der Waals surface area contributed by atoms with E-state index >= 15 is 0 Å². The first-order valence-electron chi connectivity index (χ1n) is 9.96. The molecule has 3 saturated heterocycles. The van der Waals surface area contributed by atoms with E-state index in [0.717, 1.165) is 32.5 Å². The van der Waals surface area contributed by atoms with Crippen LogP contribution in [0.3, 0.4) is 0 Å². The van der Waals surface area contributed by atoms with Crippen molar-refractivity contribution >= 4 is 23.1 Å². The summed E-state index contributed by atoms with van der Waals surface area (Å²) in [6.45, 7) is 2.37. The lowest BCUT2D eigenvalue weighted by atomic mass is 9.86. The van der Waals surface area contributed by atoms with E-state index < -0.39 is 12.6 Å². The number of fused-ring (bicyclic) bond motifs is 4. The number of amides is 1. The van der Waals surface area contributed by atoms with Crippen LogP contribution in [0, 0.1) is 5.92 Å². The highest BCUT2D eigenvalue weighted by Gasteiger charge is 2.36. The number of nitrogens with two attached hydrogens (primary N) is 1. The van der Waals surface area contributed by atoms with Crippen LogP contribution in [0.2, 0.25) is 0 Å². The van der Waals surface area contributed by atoms with Crippen molar-refractivity contribution in [1.29, 1.82) is 0 Å². The van der Waals surface area contributed by atoms with E-state index in [4.69, 9.17) is 10.5 Å². The topological polar surface area (TPSA) is 111 Å². The fourth-order valence-electron chi connectivity index (χ4n) is 4.25. The van der Waals surface area contributed by atoms with Crippen molar-refractivity contribution in [2.75, 3.05) is 30.7 Å². The number of aromatic nitrogens is 4. The summed E-state index contributed by atoms with van der Waals surface area (Å²) in [5.74, 6) is 0.590. The first-order valence-corrected chi connectivity index (χ1v) is 9.96. The maximum Gasteiger partial charge on any atom is 0.263 e. The Morgan fingerprint density at radius 2 is 2.17 bits per heavy atom. The zero-order valence-corrected chi connectivity index (χ0v) is 16.3. The Hall–Kier alpha value is -3.27. The van der Waals surface area contributed by atoms with Crippen molar-refractivity contribution in [3.63, 3.8) is 0 Å². The molecular formula is C20H22FN7O2. The number of halogens is 1. The lowest BCUT2D eigenvalue weighted by Gasteiger charge is -2.44. The molecule has 9 nitrogen and oxygen atoms in total. The minimum Gasteiger partial charge on any atom is -0.487 e. The van der Waals surface area contributed by atoms with Crippen LogP contribution in [-0.4, -0.2) is 56.1 Å². The molecule has 2 bridgehead atoms. The zero-order chi connectivity index (χ0) is 20.7. The number of nitrogen functional groups attached to an aromatic ring is 1. The van der Waals surface area contributed by atoms with Gasteiger partial charge >= 0.3 is 0 Å². The molecule has 30 heavy (non-hydrogen) atoms. The van der Waals surface area contributed by atoms with Gasteiger partial charge in [-0.2, -0.15) is 0 Å². The monoisotopic (exact) mass is 411 g/mol. The highest BCUT2D eigenvalue weighted by Crippen LogP contribution is 2.33. The average molecular weight is 411 g/mol. The van der Waals surface area contributed by atoms with E-state index in [0.29, 0.717) is 17.4 Å². The minimum atomic E-state index is -0.747. The molecule has 3 aromatic heterocycles. The summed E-state index contributed by atoms with van der Waals surface area (Å²) >= 11 is 0. The van der Waals surface area contributed by atoms with Crippen LogP contribution >= 0.6 is 0 Å². The number of piperidine rings is 3. The molecule has 3 fully saturated rings. The van der Waals surface area contributed by atoms with Crippen LogP contribution < -0.4 is 15.8 Å². The van der Waals surface area contributed by atoms with Gasteiger partial charge in [-0.3, -0.25) is 14.7 Å². The Bertz CT molecular complexity index is 1090. The number of rotatable bonds is 5. The van der Waals surface area contributed by atoms with Crippen LogP contribution in [-0.2, 0) is 6.67 Å². The van der Waals surface area contributed by atoms with Crippen molar-refractivity contribution in [3.8, 4) is 5.75 Å². The minimum absolute atomic E-state index is 0.0137. The Kier molecular flexibility index (Phi) is 4.70. The summed E-state index contributed by atoms with van der Waals surface area (Å²) < 4.78 is 20.7. The molecule has 6 heterocycles. The third-order valence-corrected chi connectivity index (χ3v) is 5.84. The second kappa shape index (κ2) is 7.52. The number of hydrogen-bond donors (Lipinski definition) is 2. The summed E-state index contributed by atoms with van der Waals surface area (Å²) in [4.78, 5) is 23.7. The molecule has 0 spiro atoms. The number of anilines is 2. The van der Waals surface area contributed by atoms with Gasteiger partial charge in [0.25, 0.3) is 5.91 Å². The van der Waals surface area contributed by atoms with Crippen LogP contribution in [0.25, 0.3) is 5.65 Å². The fourth-order valence-corrected chi connectivity index (χ4v) is 4.25. The number of hydrogen-bond acceptors (Lipinski definition) is 7. The second-order valence-electron chi connectivity index (χ2n) is 7.70. The Balaban J connectivity index is 1.41. The van der Waals surface area contributed by atoms with Gasteiger partial charge < -0.3 is 15.8 Å². The van der Waals surface area contributed by atoms with E-state index in [2.05, 4.69) is 25.3 Å². The molecule has 156 valence electrons. The van der Waals surface area contributed by atoms with Gasteiger partial charge in [0.15, 0.2) is 11.5 Å². The van der Waals surface area contributed by atoms with Crippen molar-refractivity contribution in [1.82, 2.24) is 24.5 Å². The van der Waals surface area contributed by atoms with E-state index in [9.17, 15) is 9.18 Å². The quantitative estimate of drug-likeness (QED) is 0.660. The number of carbonyl (C=O) groups is 1. The normalized spacial score (nSPS) is 22.9. The lowest BCUT2D eigenvalue weighted by Crippen LogP contribution is -2.52. The van der Waals surface area contributed by atoms with Gasteiger partial charge in [-0.1, -0.05) is 0 Å². The zero-order valence-electron chi connectivity index (χ0n) is 16.3. The molecule has 1 amide bonds. The summed E-state index contributed by atoms with van der Waals surface area (Å²) in [6, 6.07) is 3.23. The molecule has 3 aliphatic rings. The molecule has 0 radical (unpaired) electrons. The highest BCUT2D eigenvalue weighted by atomic mass is 19.1. The Morgan fingerprint density at radius 3 is 2.90 bits per heavy atom. The Labute approximate surface area is 172 Å². The van der Waals surface area contributed by atoms with Gasteiger partial charge in [0.1, 0.15) is 29.8 Å². The first kappa shape index (κ1) is 18.7. The highest BCUT2D eigenvalue weighted by molar-refractivity contribution is 6.12. The van der Waals surface area contributed by atoms with Crippen LogP contribution in [0.4, 0.5) is 15.9 Å². The molecule has 3 aliphatic heterocycles. The maximum absolute atomic E-state index is 13.0. The van der Waals surface area contributed by atoms with Gasteiger partial charge in [0.2, 0.25) is 0 Å².